The number of aliphatic hydroxyl groups is 1. The molecule has 0 radical (unpaired) electrons. The number of methoxy groups -OCH3 is 1. The van der Waals surface area contributed by atoms with Crippen LogP contribution < -0.4 is 4.74 Å². The van der Waals surface area contributed by atoms with Gasteiger partial charge in [-0.15, -0.1) is 0 Å². The lowest BCUT2D eigenvalue weighted by Gasteiger charge is -2.33. The van der Waals surface area contributed by atoms with E-state index in [0.717, 1.165) is 18.4 Å². The lowest BCUT2D eigenvalue weighted by molar-refractivity contribution is -0.139. The van der Waals surface area contributed by atoms with Gasteiger partial charge in [-0.3, -0.25) is 4.79 Å². The van der Waals surface area contributed by atoms with E-state index in [4.69, 9.17) is 9.47 Å². The highest BCUT2D eigenvalue weighted by Crippen LogP contribution is 2.24. The van der Waals surface area contributed by atoms with Crippen LogP contribution in [0.25, 0.3) is 0 Å². The molecule has 28 heavy (non-hydrogen) atoms. The number of piperidine rings is 1. The minimum Gasteiger partial charge on any atom is -0.493 e. The summed E-state index contributed by atoms with van der Waals surface area (Å²) in [6.07, 6.45) is 1.57. The number of esters is 1. The van der Waals surface area contributed by atoms with Gasteiger partial charge in [0.15, 0.2) is 0 Å². The minimum atomic E-state index is -0.488. The van der Waals surface area contributed by atoms with E-state index in [2.05, 4.69) is 4.74 Å². The van der Waals surface area contributed by atoms with Gasteiger partial charge in [0.05, 0.1) is 26.7 Å². The summed E-state index contributed by atoms with van der Waals surface area (Å²) in [6.45, 7) is 7.23. The number of ether oxygens (including phenoxy) is 3. The molecule has 0 atom stereocenters. The molecule has 1 aromatic rings. The third kappa shape index (κ3) is 6.71. The van der Waals surface area contributed by atoms with E-state index in [1.165, 1.54) is 7.11 Å². The van der Waals surface area contributed by atoms with Gasteiger partial charge < -0.3 is 24.2 Å². The zero-order valence-electron chi connectivity index (χ0n) is 17.2. The molecule has 0 aliphatic carbocycles. The molecule has 7 heteroatoms. The summed E-state index contributed by atoms with van der Waals surface area (Å²) in [5, 5.41) is 9.61. The number of rotatable bonds is 6. The standard InChI is InChI=1S/C21H31NO6/c1-21(2,3)28-20(25)22-9-7-15(8-10-22)14-27-18-6-5-16(11-17(18)13-23)12-19(24)26-4/h5-6,11,15,23H,7-10,12-14H2,1-4H3. The van der Waals surface area contributed by atoms with Gasteiger partial charge in [0.2, 0.25) is 0 Å². The predicted octanol–water partition coefficient (Wildman–Crippen LogP) is 2.92. The van der Waals surface area contributed by atoms with Crippen molar-refractivity contribution >= 4 is 12.1 Å². The van der Waals surface area contributed by atoms with Gasteiger partial charge in [-0.25, -0.2) is 4.79 Å². The second-order valence-corrected chi connectivity index (χ2v) is 8.07. The number of carbonyl (C=O) groups excluding carboxylic acids is 2. The minimum absolute atomic E-state index is 0.160. The van der Waals surface area contributed by atoms with Crippen LogP contribution in [0.15, 0.2) is 18.2 Å². The van der Waals surface area contributed by atoms with Crippen LogP contribution in [-0.2, 0) is 27.3 Å². The first-order valence-electron chi connectivity index (χ1n) is 9.62. The van der Waals surface area contributed by atoms with Crippen molar-refractivity contribution in [1.29, 1.82) is 0 Å². The average molecular weight is 393 g/mol. The second kappa shape index (κ2) is 9.78. The molecule has 1 heterocycles. The second-order valence-electron chi connectivity index (χ2n) is 8.07. The van der Waals surface area contributed by atoms with E-state index >= 15 is 0 Å². The Morgan fingerprint density at radius 1 is 1.21 bits per heavy atom. The molecule has 0 unspecified atom stereocenters. The van der Waals surface area contributed by atoms with E-state index in [0.29, 0.717) is 36.9 Å². The van der Waals surface area contributed by atoms with Gasteiger partial charge in [0.1, 0.15) is 11.4 Å². The van der Waals surface area contributed by atoms with Crippen molar-refractivity contribution in [3.8, 4) is 5.75 Å². The van der Waals surface area contributed by atoms with Gasteiger partial charge >= 0.3 is 12.1 Å². The average Bonchev–Trinajstić information content (AvgIpc) is 2.65. The normalized spacial score (nSPS) is 15.2. The molecule has 2 rings (SSSR count). The number of carbonyl (C=O) groups is 2. The Morgan fingerprint density at radius 3 is 2.46 bits per heavy atom. The number of amides is 1. The quantitative estimate of drug-likeness (QED) is 0.748. The van der Waals surface area contributed by atoms with Gasteiger partial charge in [0, 0.05) is 18.7 Å². The van der Waals surface area contributed by atoms with Crippen LogP contribution in [0.4, 0.5) is 4.79 Å². The van der Waals surface area contributed by atoms with Crippen molar-refractivity contribution in [3.05, 3.63) is 29.3 Å². The number of nitrogens with zero attached hydrogens (tertiary/aromatic N) is 1. The summed E-state index contributed by atoms with van der Waals surface area (Å²) in [5.74, 6) is 0.625. The molecule has 1 aromatic carbocycles. The zero-order valence-corrected chi connectivity index (χ0v) is 17.2. The molecule has 0 aromatic heterocycles. The van der Waals surface area contributed by atoms with E-state index in [-0.39, 0.29) is 25.1 Å². The highest BCUT2D eigenvalue weighted by atomic mass is 16.6. The maximum atomic E-state index is 12.1. The van der Waals surface area contributed by atoms with Crippen LogP contribution in [0.3, 0.4) is 0 Å². The van der Waals surface area contributed by atoms with Crippen molar-refractivity contribution in [2.24, 2.45) is 5.92 Å². The molecule has 1 aliphatic heterocycles. The number of hydrogen-bond donors (Lipinski definition) is 1. The fraction of sp³-hybridized carbons (Fsp3) is 0.619. The van der Waals surface area contributed by atoms with E-state index < -0.39 is 5.60 Å². The lowest BCUT2D eigenvalue weighted by Crippen LogP contribution is -2.42. The third-order valence-corrected chi connectivity index (χ3v) is 4.61. The third-order valence-electron chi connectivity index (χ3n) is 4.61. The fourth-order valence-corrected chi connectivity index (χ4v) is 3.06. The monoisotopic (exact) mass is 393 g/mol. The van der Waals surface area contributed by atoms with Crippen molar-refractivity contribution in [1.82, 2.24) is 4.90 Å². The predicted molar refractivity (Wildman–Crippen MR) is 104 cm³/mol. The van der Waals surface area contributed by atoms with Crippen molar-refractivity contribution in [2.75, 3.05) is 26.8 Å². The molecule has 7 nitrogen and oxygen atoms in total. The van der Waals surface area contributed by atoms with Crippen LogP contribution in [0.2, 0.25) is 0 Å². The molecule has 156 valence electrons. The van der Waals surface area contributed by atoms with Gasteiger partial charge in [0.25, 0.3) is 0 Å². The molecule has 1 aliphatic rings. The van der Waals surface area contributed by atoms with Gasteiger partial charge in [-0.2, -0.15) is 0 Å². The maximum absolute atomic E-state index is 12.1. The molecule has 1 fully saturated rings. The van der Waals surface area contributed by atoms with Crippen LogP contribution in [0.1, 0.15) is 44.7 Å². The largest absolute Gasteiger partial charge is 0.493 e. The molecule has 0 saturated carbocycles. The Balaban J connectivity index is 1.85. The highest BCUT2D eigenvalue weighted by Gasteiger charge is 2.27. The number of aliphatic hydroxyl groups excluding tert-OH is 1. The van der Waals surface area contributed by atoms with E-state index in [9.17, 15) is 14.7 Å². The van der Waals surface area contributed by atoms with Crippen LogP contribution in [-0.4, -0.2) is 54.5 Å². The fourth-order valence-electron chi connectivity index (χ4n) is 3.06. The Bertz CT molecular complexity index is 674. The van der Waals surface area contributed by atoms with Crippen LogP contribution in [0.5, 0.6) is 5.75 Å². The molecule has 1 amide bonds. The molecule has 1 saturated heterocycles. The first kappa shape index (κ1) is 22.0. The summed E-state index contributed by atoms with van der Waals surface area (Å²) in [5.41, 5.74) is 0.930. The Kier molecular flexibility index (Phi) is 7.69. The first-order chi connectivity index (χ1) is 13.2. The van der Waals surface area contributed by atoms with E-state index in [1.807, 2.05) is 20.8 Å². The number of likely N-dealkylation sites (tertiary alicyclic amines) is 1. The van der Waals surface area contributed by atoms with Crippen molar-refractivity contribution in [3.63, 3.8) is 0 Å². The summed E-state index contributed by atoms with van der Waals surface area (Å²) in [7, 11) is 1.35. The summed E-state index contributed by atoms with van der Waals surface area (Å²) in [6, 6.07) is 5.34. The van der Waals surface area contributed by atoms with Gasteiger partial charge in [-0.05, 0) is 57.2 Å². The Hall–Kier alpha value is -2.28. The van der Waals surface area contributed by atoms with Gasteiger partial charge in [-0.1, -0.05) is 6.07 Å². The maximum Gasteiger partial charge on any atom is 0.410 e. The van der Waals surface area contributed by atoms with Crippen molar-refractivity contribution in [2.45, 2.75) is 52.2 Å². The molecule has 0 spiro atoms. The highest BCUT2D eigenvalue weighted by molar-refractivity contribution is 5.72. The summed E-state index contributed by atoms with van der Waals surface area (Å²) < 4.78 is 16.0. The first-order valence-corrected chi connectivity index (χ1v) is 9.62. The summed E-state index contributed by atoms with van der Waals surface area (Å²) >= 11 is 0. The Morgan fingerprint density at radius 2 is 1.89 bits per heavy atom. The number of benzene rings is 1. The zero-order chi connectivity index (χ0) is 20.7. The van der Waals surface area contributed by atoms with Crippen LogP contribution >= 0.6 is 0 Å². The smallest absolute Gasteiger partial charge is 0.410 e. The number of hydrogen-bond acceptors (Lipinski definition) is 6. The topological polar surface area (TPSA) is 85.3 Å². The SMILES string of the molecule is COC(=O)Cc1ccc(OCC2CCN(C(=O)OC(C)(C)C)CC2)c(CO)c1. The molecule has 1 N–H and O–H groups in total. The lowest BCUT2D eigenvalue weighted by atomic mass is 9.98. The van der Waals surface area contributed by atoms with Crippen molar-refractivity contribution < 1.29 is 28.9 Å². The molecular weight excluding hydrogens is 362 g/mol. The van der Waals surface area contributed by atoms with Crippen LogP contribution in [0, 0.1) is 5.92 Å². The Labute approximate surface area is 166 Å². The summed E-state index contributed by atoms with van der Waals surface area (Å²) in [4.78, 5) is 25.3. The van der Waals surface area contributed by atoms with E-state index in [1.54, 1.807) is 23.1 Å². The molecular formula is C21H31NO6. The molecule has 0 bridgehead atoms.